The Hall–Kier alpha value is -1.57. The maximum Gasteiger partial charge on any atom is 0.433 e. The molecule has 0 saturated carbocycles. The van der Waals surface area contributed by atoms with Crippen molar-refractivity contribution in [2.75, 3.05) is 25.6 Å². The summed E-state index contributed by atoms with van der Waals surface area (Å²) >= 11 is 0. The number of nitrogens with two attached hydrogens (primary N) is 1. The predicted octanol–water partition coefficient (Wildman–Crippen LogP) is 1.88. The van der Waals surface area contributed by atoms with Gasteiger partial charge in [-0.2, -0.15) is 18.2 Å². The van der Waals surface area contributed by atoms with Gasteiger partial charge >= 0.3 is 6.18 Å². The standard InChI is InChI=1S/C11H14F3N3O2/c12-11(13,14)8-5-9(17-10(15)16-8)19-6-7-1-3-18-4-2-7/h5,7H,1-4,6H2,(H2,15,16,17). The van der Waals surface area contributed by atoms with E-state index in [1.807, 2.05) is 0 Å². The Morgan fingerprint density at radius 3 is 2.63 bits per heavy atom. The number of hydrogen-bond acceptors (Lipinski definition) is 5. The molecule has 0 radical (unpaired) electrons. The van der Waals surface area contributed by atoms with Crippen LogP contribution in [-0.2, 0) is 10.9 Å². The van der Waals surface area contributed by atoms with Crippen molar-refractivity contribution in [2.24, 2.45) is 5.92 Å². The second-order valence-electron chi connectivity index (χ2n) is 4.31. The van der Waals surface area contributed by atoms with Crippen LogP contribution in [0, 0.1) is 5.92 Å². The first-order chi connectivity index (χ1) is 8.95. The van der Waals surface area contributed by atoms with E-state index < -0.39 is 17.8 Å². The number of nitrogens with zero attached hydrogens (tertiary/aromatic N) is 2. The van der Waals surface area contributed by atoms with E-state index in [9.17, 15) is 13.2 Å². The molecule has 1 fully saturated rings. The summed E-state index contributed by atoms with van der Waals surface area (Å²) in [5, 5.41) is 0. The Bertz CT molecular complexity index is 434. The number of ether oxygens (including phenoxy) is 2. The van der Waals surface area contributed by atoms with Crippen LogP contribution in [-0.4, -0.2) is 29.8 Å². The summed E-state index contributed by atoms with van der Waals surface area (Å²) in [6, 6.07) is 0.760. The molecule has 106 valence electrons. The molecule has 8 heteroatoms. The van der Waals surface area contributed by atoms with Crippen molar-refractivity contribution in [1.29, 1.82) is 0 Å². The van der Waals surface area contributed by atoms with E-state index in [0.717, 1.165) is 18.9 Å². The first-order valence-electron chi connectivity index (χ1n) is 5.87. The van der Waals surface area contributed by atoms with Crippen molar-refractivity contribution < 1.29 is 22.6 Å². The van der Waals surface area contributed by atoms with Crippen LogP contribution in [0.5, 0.6) is 5.88 Å². The second kappa shape index (κ2) is 5.60. The van der Waals surface area contributed by atoms with Crippen LogP contribution in [0.4, 0.5) is 19.1 Å². The van der Waals surface area contributed by atoms with Gasteiger partial charge in [0, 0.05) is 19.3 Å². The first kappa shape index (κ1) is 13.9. The summed E-state index contributed by atoms with van der Waals surface area (Å²) in [5.41, 5.74) is 4.15. The van der Waals surface area contributed by atoms with Crippen LogP contribution in [0.25, 0.3) is 0 Å². The monoisotopic (exact) mass is 277 g/mol. The summed E-state index contributed by atoms with van der Waals surface area (Å²) in [6.07, 6.45) is -2.91. The average Bonchev–Trinajstić information content (AvgIpc) is 2.36. The molecule has 2 heterocycles. The van der Waals surface area contributed by atoms with E-state index in [4.69, 9.17) is 15.2 Å². The minimum Gasteiger partial charge on any atom is -0.477 e. The number of nitrogen functional groups attached to an aromatic ring is 1. The summed E-state index contributed by atoms with van der Waals surface area (Å²) in [7, 11) is 0. The zero-order valence-corrected chi connectivity index (χ0v) is 10.1. The van der Waals surface area contributed by atoms with Crippen molar-refractivity contribution in [1.82, 2.24) is 9.97 Å². The number of alkyl halides is 3. The molecule has 1 aliphatic rings. The molecule has 19 heavy (non-hydrogen) atoms. The molecule has 0 spiro atoms. The normalized spacial score (nSPS) is 17.4. The third-order valence-corrected chi connectivity index (χ3v) is 2.82. The van der Waals surface area contributed by atoms with Gasteiger partial charge in [0.05, 0.1) is 6.61 Å². The van der Waals surface area contributed by atoms with Crippen LogP contribution in [0.2, 0.25) is 0 Å². The van der Waals surface area contributed by atoms with Gasteiger partial charge in [-0.3, -0.25) is 0 Å². The van der Waals surface area contributed by atoms with E-state index in [0.29, 0.717) is 19.8 Å². The maximum atomic E-state index is 12.5. The molecule has 0 bridgehead atoms. The van der Waals surface area contributed by atoms with Gasteiger partial charge in [-0.05, 0) is 18.8 Å². The number of aromatic nitrogens is 2. The Balaban J connectivity index is 2.01. The minimum atomic E-state index is -4.56. The zero-order valence-electron chi connectivity index (χ0n) is 10.1. The fourth-order valence-electron chi connectivity index (χ4n) is 1.78. The lowest BCUT2D eigenvalue weighted by atomic mass is 10.0. The number of hydrogen-bond donors (Lipinski definition) is 1. The lowest BCUT2D eigenvalue weighted by Crippen LogP contribution is -2.22. The molecule has 0 aliphatic carbocycles. The van der Waals surface area contributed by atoms with Crippen LogP contribution >= 0.6 is 0 Å². The van der Waals surface area contributed by atoms with Crippen molar-refractivity contribution in [3.8, 4) is 5.88 Å². The lowest BCUT2D eigenvalue weighted by molar-refractivity contribution is -0.141. The molecule has 0 unspecified atom stereocenters. The maximum absolute atomic E-state index is 12.5. The quantitative estimate of drug-likeness (QED) is 0.913. The van der Waals surface area contributed by atoms with Crippen LogP contribution in [0.1, 0.15) is 18.5 Å². The molecule has 1 aromatic rings. The van der Waals surface area contributed by atoms with Gasteiger partial charge in [-0.25, -0.2) is 4.98 Å². The SMILES string of the molecule is Nc1nc(OCC2CCOCC2)cc(C(F)(F)F)n1. The van der Waals surface area contributed by atoms with Gasteiger partial charge in [0.15, 0.2) is 5.69 Å². The van der Waals surface area contributed by atoms with E-state index >= 15 is 0 Å². The molecule has 1 saturated heterocycles. The van der Waals surface area contributed by atoms with E-state index in [1.165, 1.54) is 0 Å². The molecular formula is C11H14F3N3O2. The molecule has 1 aromatic heterocycles. The smallest absolute Gasteiger partial charge is 0.433 e. The summed E-state index contributed by atoms with van der Waals surface area (Å²) in [6.45, 7) is 1.60. The fraction of sp³-hybridized carbons (Fsp3) is 0.636. The lowest BCUT2D eigenvalue weighted by Gasteiger charge is -2.21. The van der Waals surface area contributed by atoms with Crippen molar-refractivity contribution in [3.05, 3.63) is 11.8 Å². The number of rotatable bonds is 3. The predicted molar refractivity (Wildman–Crippen MR) is 60.5 cm³/mol. The highest BCUT2D eigenvalue weighted by atomic mass is 19.4. The second-order valence-corrected chi connectivity index (χ2v) is 4.31. The molecule has 0 atom stereocenters. The first-order valence-corrected chi connectivity index (χ1v) is 5.87. The third-order valence-electron chi connectivity index (χ3n) is 2.82. The van der Waals surface area contributed by atoms with Crippen molar-refractivity contribution >= 4 is 5.95 Å². The highest BCUT2D eigenvalue weighted by Crippen LogP contribution is 2.30. The molecule has 2 N–H and O–H groups in total. The van der Waals surface area contributed by atoms with Crippen molar-refractivity contribution in [2.45, 2.75) is 19.0 Å². The fourth-order valence-corrected chi connectivity index (χ4v) is 1.78. The highest BCUT2D eigenvalue weighted by Gasteiger charge is 2.33. The Kier molecular flexibility index (Phi) is 4.08. The van der Waals surface area contributed by atoms with Crippen LogP contribution in [0.15, 0.2) is 6.07 Å². The Morgan fingerprint density at radius 2 is 2.00 bits per heavy atom. The molecular weight excluding hydrogens is 263 g/mol. The van der Waals surface area contributed by atoms with Crippen molar-refractivity contribution in [3.63, 3.8) is 0 Å². The van der Waals surface area contributed by atoms with Crippen LogP contribution < -0.4 is 10.5 Å². The molecule has 0 aromatic carbocycles. The Labute approximate surface area is 107 Å². The summed E-state index contributed by atoms with van der Waals surface area (Å²) in [5.74, 6) is -0.331. The van der Waals surface area contributed by atoms with E-state index in [2.05, 4.69) is 9.97 Å². The van der Waals surface area contributed by atoms with Gasteiger partial charge < -0.3 is 15.2 Å². The van der Waals surface area contributed by atoms with Gasteiger partial charge in [0.1, 0.15) is 0 Å². The number of halogens is 3. The number of anilines is 1. The summed E-state index contributed by atoms with van der Waals surface area (Å²) < 4.78 is 48.0. The third kappa shape index (κ3) is 3.95. The molecule has 2 rings (SSSR count). The van der Waals surface area contributed by atoms with Gasteiger partial charge in [-0.1, -0.05) is 0 Å². The summed E-state index contributed by atoms with van der Waals surface area (Å²) in [4.78, 5) is 6.79. The minimum absolute atomic E-state index is 0.147. The molecule has 0 amide bonds. The van der Waals surface area contributed by atoms with Gasteiger partial charge in [0.2, 0.25) is 11.8 Å². The average molecular weight is 277 g/mol. The largest absolute Gasteiger partial charge is 0.477 e. The van der Waals surface area contributed by atoms with Gasteiger partial charge in [0.25, 0.3) is 0 Å². The van der Waals surface area contributed by atoms with E-state index in [-0.39, 0.29) is 11.8 Å². The molecule has 5 nitrogen and oxygen atoms in total. The van der Waals surface area contributed by atoms with Gasteiger partial charge in [-0.15, -0.1) is 0 Å². The van der Waals surface area contributed by atoms with E-state index in [1.54, 1.807) is 0 Å². The highest BCUT2D eigenvalue weighted by molar-refractivity contribution is 5.27. The topological polar surface area (TPSA) is 70.3 Å². The molecule has 1 aliphatic heterocycles. The Morgan fingerprint density at radius 1 is 1.32 bits per heavy atom. The van der Waals surface area contributed by atoms with Crippen LogP contribution in [0.3, 0.4) is 0 Å². The zero-order chi connectivity index (χ0) is 13.9.